The largest absolute Gasteiger partial charge is 0.392 e. The Labute approximate surface area is 96.2 Å². The van der Waals surface area contributed by atoms with E-state index in [0.29, 0.717) is 6.42 Å². The van der Waals surface area contributed by atoms with Crippen LogP contribution in [0.25, 0.3) is 0 Å². The molecule has 0 fully saturated rings. The molecule has 82 valence electrons. The zero-order valence-corrected chi connectivity index (χ0v) is 10.2. The van der Waals surface area contributed by atoms with E-state index in [1.165, 1.54) is 10.5 Å². The van der Waals surface area contributed by atoms with E-state index in [-0.39, 0.29) is 6.10 Å². The van der Waals surface area contributed by atoms with Crippen molar-refractivity contribution in [3.05, 3.63) is 42.0 Å². The molecule has 1 aromatic rings. The third kappa shape index (κ3) is 4.54. The maximum atomic E-state index is 9.69. The highest BCUT2D eigenvalue weighted by atomic mass is 32.2. The Kier molecular flexibility index (Phi) is 4.92. The monoisotopic (exact) mass is 222 g/mol. The van der Waals surface area contributed by atoms with Gasteiger partial charge in [-0.1, -0.05) is 23.8 Å². The molecule has 1 nitrogen and oxygen atoms in total. The molecule has 0 saturated carbocycles. The van der Waals surface area contributed by atoms with E-state index in [9.17, 15) is 5.11 Å². The molecule has 1 atom stereocenters. The summed E-state index contributed by atoms with van der Waals surface area (Å²) in [5, 5.41) is 9.69. The van der Waals surface area contributed by atoms with Gasteiger partial charge in [-0.2, -0.15) is 0 Å². The third-order valence-corrected chi connectivity index (χ3v) is 3.43. The minimum Gasteiger partial charge on any atom is -0.392 e. The number of benzene rings is 1. The lowest BCUT2D eigenvalue weighted by molar-refractivity contribution is 0.200. The minimum absolute atomic E-state index is 0.285. The highest BCUT2D eigenvalue weighted by Crippen LogP contribution is 2.23. The number of hydrogen-bond donors (Lipinski definition) is 1. The van der Waals surface area contributed by atoms with Gasteiger partial charge in [0.2, 0.25) is 0 Å². The van der Waals surface area contributed by atoms with Crippen molar-refractivity contribution in [1.29, 1.82) is 0 Å². The summed E-state index contributed by atoms with van der Waals surface area (Å²) >= 11 is 1.71. The van der Waals surface area contributed by atoms with Crippen LogP contribution in [0.4, 0.5) is 0 Å². The first-order chi connectivity index (χ1) is 7.09. The van der Waals surface area contributed by atoms with Gasteiger partial charge in [0, 0.05) is 10.6 Å². The summed E-state index contributed by atoms with van der Waals surface area (Å²) < 4.78 is 0. The van der Waals surface area contributed by atoms with Gasteiger partial charge < -0.3 is 5.11 Å². The van der Waals surface area contributed by atoms with Gasteiger partial charge in [0.25, 0.3) is 0 Å². The molecule has 0 amide bonds. The molecule has 0 spiro atoms. The molecule has 15 heavy (non-hydrogen) atoms. The summed E-state index contributed by atoms with van der Waals surface area (Å²) in [5.74, 6) is 0.734. The van der Waals surface area contributed by atoms with E-state index in [0.717, 1.165) is 11.3 Å². The highest BCUT2D eigenvalue weighted by Gasteiger charge is 2.06. The predicted molar refractivity (Wildman–Crippen MR) is 67.3 cm³/mol. The highest BCUT2D eigenvalue weighted by molar-refractivity contribution is 7.99. The second-order valence-electron chi connectivity index (χ2n) is 3.89. The number of aliphatic hydroxyl groups is 1. The van der Waals surface area contributed by atoms with Crippen LogP contribution in [0.5, 0.6) is 0 Å². The second kappa shape index (κ2) is 5.99. The number of aryl methyl sites for hydroxylation is 1. The van der Waals surface area contributed by atoms with E-state index < -0.39 is 0 Å². The normalized spacial score (nSPS) is 12.5. The average Bonchev–Trinajstić information content (AvgIpc) is 2.15. The van der Waals surface area contributed by atoms with Gasteiger partial charge in [0.1, 0.15) is 0 Å². The first kappa shape index (κ1) is 12.3. The lowest BCUT2D eigenvalue weighted by Gasteiger charge is -2.10. The molecule has 2 heteroatoms. The molecule has 0 aliphatic heterocycles. The maximum Gasteiger partial charge on any atom is 0.0670 e. The van der Waals surface area contributed by atoms with Crippen molar-refractivity contribution in [2.75, 3.05) is 5.75 Å². The molecule has 1 aromatic carbocycles. The topological polar surface area (TPSA) is 20.2 Å². The van der Waals surface area contributed by atoms with E-state index in [2.05, 4.69) is 25.6 Å². The summed E-state index contributed by atoms with van der Waals surface area (Å²) in [5.41, 5.74) is 2.30. The second-order valence-corrected chi connectivity index (χ2v) is 4.95. The van der Waals surface area contributed by atoms with Gasteiger partial charge in [0.15, 0.2) is 0 Å². The molecule has 0 bridgehead atoms. The van der Waals surface area contributed by atoms with Gasteiger partial charge in [0.05, 0.1) is 6.10 Å². The van der Waals surface area contributed by atoms with Gasteiger partial charge >= 0.3 is 0 Å². The zero-order valence-electron chi connectivity index (χ0n) is 9.36. The van der Waals surface area contributed by atoms with Gasteiger partial charge in [-0.3, -0.25) is 0 Å². The summed E-state index contributed by atoms with van der Waals surface area (Å²) in [4.78, 5) is 1.25. The van der Waals surface area contributed by atoms with E-state index >= 15 is 0 Å². The van der Waals surface area contributed by atoms with Crippen LogP contribution in [0.1, 0.15) is 18.9 Å². The van der Waals surface area contributed by atoms with Crippen LogP contribution in [0.2, 0.25) is 0 Å². The Balaban J connectivity index is 2.43. The lowest BCUT2D eigenvalue weighted by Crippen LogP contribution is -2.09. The predicted octanol–water partition coefficient (Wildman–Crippen LogP) is 3.41. The Morgan fingerprint density at radius 3 is 2.73 bits per heavy atom. The summed E-state index contributed by atoms with van der Waals surface area (Å²) in [6.45, 7) is 7.84. The number of thioether (sulfide) groups is 1. The van der Waals surface area contributed by atoms with Crippen molar-refractivity contribution in [2.45, 2.75) is 31.3 Å². The fraction of sp³-hybridized carbons (Fsp3) is 0.385. The average molecular weight is 222 g/mol. The first-order valence-electron chi connectivity index (χ1n) is 5.10. The molecular weight excluding hydrogens is 204 g/mol. The van der Waals surface area contributed by atoms with Gasteiger partial charge in [-0.05, 0) is 31.9 Å². The molecular formula is C13H18OS. The van der Waals surface area contributed by atoms with Crippen molar-refractivity contribution < 1.29 is 5.11 Å². The number of rotatable bonds is 5. The van der Waals surface area contributed by atoms with Crippen LogP contribution in [0.15, 0.2) is 41.3 Å². The van der Waals surface area contributed by atoms with Gasteiger partial charge in [-0.25, -0.2) is 0 Å². The summed E-state index contributed by atoms with van der Waals surface area (Å²) in [6, 6.07) is 8.24. The quantitative estimate of drug-likeness (QED) is 0.608. The molecule has 0 aliphatic rings. The smallest absolute Gasteiger partial charge is 0.0670 e. The molecule has 0 saturated heterocycles. The first-order valence-corrected chi connectivity index (χ1v) is 6.09. The van der Waals surface area contributed by atoms with Crippen molar-refractivity contribution in [3.8, 4) is 0 Å². The molecule has 0 heterocycles. The van der Waals surface area contributed by atoms with Crippen molar-refractivity contribution in [1.82, 2.24) is 0 Å². The summed E-state index contributed by atoms with van der Waals surface area (Å²) in [6.07, 6.45) is 0.408. The van der Waals surface area contributed by atoms with E-state index in [1.54, 1.807) is 11.8 Å². The summed E-state index contributed by atoms with van der Waals surface area (Å²) in [7, 11) is 0. The minimum atomic E-state index is -0.285. The number of hydrogen-bond acceptors (Lipinski definition) is 2. The Morgan fingerprint density at radius 1 is 1.47 bits per heavy atom. The van der Waals surface area contributed by atoms with Crippen LogP contribution in [-0.2, 0) is 0 Å². The van der Waals surface area contributed by atoms with Crippen LogP contribution >= 0.6 is 11.8 Å². The Hall–Kier alpha value is -0.730. The standard InChI is InChI=1S/C13H18OS/c1-10(2)8-12(14)9-15-13-7-5-4-6-11(13)3/h4-7,12,14H,1,8-9H2,2-3H3. The van der Waals surface area contributed by atoms with Crippen molar-refractivity contribution in [2.24, 2.45) is 0 Å². The molecule has 0 aliphatic carbocycles. The fourth-order valence-electron chi connectivity index (χ4n) is 1.37. The van der Waals surface area contributed by atoms with Gasteiger partial charge in [-0.15, -0.1) is 18.3 Å². The zero-order chi connectivity index (χ0) is 11.3. The SMILES string of the molecule is C=C(C)CC(O)CSc1ccccc1C. The Morgan fingerprint density at radius 2 is 2.13 bits per heavy atom. The van der Waals surface area contributed by atoms with E-state index in [4.69, 9.17) is 0 Å². The van der Waals surface area contributed by atoms with Crippen molar-refractivity contribution in [3.63, 3.8) is 0 Å². The molecule has 0 radical (unpaired) electrons. The lowest BCUT2D eigenvalue weighted by atomic mass is 10.2. The molecule has 0 aromatic heterocycles. The number of aliphatic hydroxyl groups excluding tert-OH is 1. The van der Waals surface area contributed by atoms with Crippen LogP contribution < -0.4 is 0 Å². The fourth-order valence-corrected chi connectivity index (χ4v) is 2.33. The molecule has 1 unspecified atom stereocenters. The third-order valence-electron chi connectivity index (χ3n) is 2.11. The van der Waals surface area contributed by atoms with Crippen LogP contribution in [0, 0.1) is 6.92 Å². The van der Waals surface area contributed by atoms with Crippen LogP contribution in [0.3, 0.4) is 0 Å². The van der Waals surface area contributed by atoms with E-state index in [1.807, 2.05) is 19.1 Å². The Bertz CT molecular complexity index is 333. The molecule has 1 N–H and O–H groups in total. The van der Waals surface area contributed by atoms with Crippen molar-refractivity contribution >= 4 is 11.8 Å². The maximum absolute atomic E-state index is 9.69. The van der Waals surface area contributed by atoms with Crippen LogP contribution in [-0.4, -0.2) is 17.0 Å². The molecule has 1 rings (SSSR count).